The van der Waals surface area contributed by atoms with Crippen molar-refractivity contribution < 1.29 is 14.3 Å². The highest BCUT2D eigenvalue weighted by atomic mass is 16.5. The van der Waals surface area contributed by atoms with Crippen LogP contribution in [0.5, 0.6) is 11.5 Å². The first kappa shape index (κ1) is 11.6. The summed E-state index contributed by atoms with van der Waals surface area (Å²) in [4.78, 5) is 12.3. The van der Waals surface area contributed by atoms with Gasteiger partial charge in [-0.05, 0) is 36.8 Å². The molecule has 1 saturated carbocycles. The highest BCUT2D eigenvalue weighted by Crippen LogP contribution is 2.51. The lowest BCUT2D eigenvalue weighted by Crippen LogP contribution is -2.23. The Balaban J connectivity index is 2.22. The fourth-order valence-electron chi connectivity index (χ4n) is 3.59. The number of hydrogen-bond acceptors (Lipinski definition) is 3. The molecule has 0 amide bonds. The summed E-state index contributed by atoms with van der Waals surface area (Å²) in [6.07, 6.45) is 4.20. The summed E-state index contributed by atoms with van der Waals surface area (Å²) in [5.74, 6) is 2.73. The van der Waals surface area contributed by atoms with Crippen LogP contribution in [-0.2, 0) is 0 Å². The van der Waals surface area contributed by atoms with Crippen molar-refractivity contribution in [3.63, 3.8) is 0 Å². The molecule has 18 heavy (non-hydrogen) atoms. The highest BCUT2D eigenvalue weighted by Gasteiger charge is 2.40. The number of fused-ring (bicyclic) bond motifs is 3. The van der Waals surface area contributed by atoms with Crippen LogP contribution in [0, 0.1) is 5.92 Å². The van der Waals surface area contributed by atoms with Crippen LogP contribution in [0.2, 0.25) is 0 Å². The van der Waals surface area contributed by atoms with Crippen LogP contribution in [-0.4, -0.2) is 20.0 Å². The largest absolute Gasteiger partial charge is 0.496 e. The Bertz CT molecular complexity index is 493. The van der Waals surface area contributed by atoms with Gasteiger partial charge in [0.25, 0.3) is 0 Å². The number of Topliss-reactive ketones (excluding diaryl/α,β-unsaturated/α-hetero) is 1. The van der Waals surface area contributed by atoms with E-state index in [4.69, 9.17) is 9.47 Å². The predicted molar refractivity (Wildman–Crippen MR) is 68.6 cm³/mol. The van der Waals surface area contributed by atoms with Crippen molar-refractivity contribution in [1.82, 2.24) is 0 Å². The molecule has 96 valence electrons. The molecule has 0 heterocycles. The molecule has 2 aliphatic rings. The van der Waals surface area contributed by atoms with Crippen molar-refractivity contribution in [2.75, 3.05) is 14.2 Å². The summed E-state index contributed by atoms with van der Waals surface area (Å²) >= 11 is 0. The topological polar surface area (TPSA) is 35.5 Å². The van der Waals surface area contributed by atoms with E-state index in [-0.39, 0.29) is 5.78 Å². The van der Waals surface area contributed by atoms with Gasteiger partial charge in [0.05, 0.1) is 19.8 Å². The normalized spacial score (nSPS) is 25.6. The van der Waals surface area contributed by atoms with Crippen molar-refractivity contribution in [3.05, 3.63) is 23.3 Å². The minimum Gasteiger partial charge on any atom is -0.496 e. The Kier molecular flexibility index (Phi) is 2.77. The first-order valence-corrected chi connectivity index (χ1v) is 6.54. The van der Waals surface area contributed by atoms with E-state index in [0.717, 1.165) is 29.7 Å². The molecule has 1 aromatic carbocycles. The van der Waals surface area contributed by atoms with E-state index in [1.807, 2.05) is 12.1 Å². The van der Waals surface area contributed by atoms with Crippen LogP contribution in [0.1, 0.15) is 47.5 Å². The molecule has 3 heteroatoms. The van der Waals surface area contributed by atoms with Crippen LogP contribution in [0.25, 0.3) is 0 Å². The monoisotopic (exact) mass is 246 g/mol. The van der Waals surface area contributed by atoms with E-state index in [1.165, 1.54) is 6.42 Å². The molecule has 3 rings (SSSR count). The van der Waals surface area contributed by atoms with Crippen LogP contribution < -0.4 is 9.47 Å². The molecule has 0 radical (unpaired) electrons. The highest BCUT2D eigenvalue weighted by molar-refractivity contribution is 6.02. The smallest absolute Gasteiger partial charge is 0.167 e. The maximum Gasteiger partial charge on any atom is 0.167 e. The van der Waals surface area contributed by atoms with Crippen molar-refractivity contribution in [2.45, 2.75) is 31.6 Å². The summed E-state index contributed by atoms with van der Waals surface area (Å²) < 4.78 is 10.8. The Hall–Kier alpha value is -1.51. The number of ether oxygens (including phenoxy) is 2. The zero-order valence-corrected chi connectivity index (χ0v) is 10.9. The number of ketones is 1. The third-order valence-corrected chi connectivity index (χ3v) is 4.36. The third kappa shape index (κ3) is 1.53. The molecule has 0 aromatic heterocycles. The molecule has 0 N–H and O–H groups in total. The molecule has 0 bridgehead atoms. The van der Waals surface area contributed by atoms with Gasteiger partial charge in [0.15, 0.2) is 5.78 Å². The number of benzene rings is 1. The van der Waals surface area contributed by atoms with E-state index < -0.39 is 0 Å². The van der Waals surface area contributed by atoms with E-state index in [1.54, 1.807) is 14.2 Å². The second-order valence-corrected chi connectivity index (χ2v) is 5.18. The van der Waals surface area contributed by atoms with Gasteiger partial charge >= 0.3 is 0 Å². The zero-order chi connectivity index (χ0) is 12.7. The minimum absolute atomic E-state index is 0.212. The molecule has 0 spiro atoms. The van der Waals surface area contributed by atoms with Crippen molar-refractivity contribution in [3.8, 4) is 11.5 Å². The van der Waals surface area contributed by atoms with Crippen molar-refractivity contribution in [1.29, 1.82) is 0 Å². The maximum absolute atomic E-state index is 12.3. The molecule has 0 aliphatic heterocycles. The molecule has 0 unspecified atom stereocenters. The Morgan fingerprint density at radius 3 is 2.56 bits per heavy atom. The molecule has 3 nitrogen and oxygen atoms in total. The average Bonchev–Trinajstić information content (AvgIpc) is 2.85. The van der Waals surface area contributed by atoms with E-state index >= 15 is 0 Å². The summed E-state index contributed by atoms with van der Waals surface area (Å²) in [7, 11) is 3.29. The molecule has 1 aromatic rings. The fraction of sp³-hybridized carbons (Fsp3) is 0.533. The molecule has 2 atom stereocenters. The lowest BCUT2D eigenvalue weighted by atomic mass is 9.75. The second-order valence-electron chi connectivity index (χ2n) is 5.18. The summed E-state index contributed by atoms with van der Waals surface area (Å²) in [5.41, 5.74) is 1.86. The van der Waals surface area contributed by atoms with E-state index in [9.17, 15) is 4.79 Å². The molecular weight excluding hydrogens is 228 g/mol. The van der Waals surface area contributed by atoms with Crippen LogP contribution in [0.3, 0.4) is 0 Å². The quantitative estimate of drug-likeness (QED) is 0.804. The number of carbonyl (C=O) groups excluding carboxylic acids is 1. The minimum atomic E-state index is 0.212. The third-order valence-electron chi connectivity index (χ3n) is 4.36. The summed E-state index contributed by atoms with van der Waals surface area (Å²) in [5, 5.41) is 0. The zero-order valence-electron chi connectivity index (χ0n) is 10.9. The van der Waals surface area contributed by atoms with Crippen LogP contribution >= 0.6 is 0 Å². The lowest BCUT2D eigenvalue weighted by Gasteiger charge is -2.29. The standard InChI is InChI=1S/C15H18O3/c1-17-12-6-7-13(18-2)15-11(16)8-9-4-3-5-10(9)14(12)15/h6-7,9-10H,3-5,8H2,1-2H3/t9-,10-/m1/s1. The van der Waals surface area contributed by atoms with Gasteiger partial charge in [-0.15, -0.1) is 0 Å². The SMILES string of the molecule is COc1ccc(OC)c2c1C(=O)C[C@H]1CCC[C@@H]21. The average molecular weight is 246 g/mol. The number of rotatable bonds is 2. The first-order valence-electron chi connectivity index (χ1n) is 6.54. The number of hydrogen-bond donors (Lipinski definition) is 0. The molecule has 1 fully saturated rings. The van der Waals surface area contributed by atoms with Gasteiger partial charge in [0.2, 0.25) is 0 Å². The van der Waals surface area contributed by atoms with E-state index in [2.05, 4.69) is 0 Å². The fourth-order valence-corrected chi connectivity index (χ4v) is 3.59. The van der Waals surface area contributed by atoms with Gasteiger partial charge in [0.1, 0.15) is 11.5 Å². The Morgan fingerprint density at radius 2 is 1.83 bits per heavy atom. The lowest BCUT2D eigenvalue weighted by molar-refractivity contribution is 0.0938. The summed E-state index contributed by atoms with van der Waals surface area (Å²) in [6, 6.07) is 3.76. The van der Waals surface area contributed by atoms with Crippen LogP contribution in [0.15, 0.2) is 12.1 Å². The number of methoxy groups -OCH3 is 2. The molecule has 0 saturated heterocycles. The van der Waals surface area contributed by atoms with Crippen molar-refractivity contribution in [2.24, 2.45) is 5.92 Å². The van der Waals surface area contributed by atoms with Gasteiger partial charge in [-0.1, -0.05) is 6.42 Å². The molecular formula is C15H18O3. The summed E-state index contributed by atoms with van der Waals surface area (Å²) in [6.45, 7) is 0. The first-order chi connectivity index (χ1) is 8.76. The maximum atomic E-state index is 12.3. The van der Waals surface area contributed by atoms with Crippen molar-refractivity contribution >= 4 is 5.78 Å². The number of carbonyl (C=O) groups is 1. The predicted octanol–water partition coefficient (Wildman–Crippen LogP) is 3.17. The van der Waals surface area contributed by atoms with Gasteiger partial charge in [0, 0.05) is 12.0 Å². The Morgan fingerprint density at radius 1 is 1.11 bits per heavy atom. The van der Waals surface area contributed by atoms with Crippen LogP contribution in [0.4, 0.5) is 0 Å². The van der Waals surface area contributed by atoms with Gasteiger partial charge in [-0.25, -0.2) is 0 Å². The Labute approximate surface area is 107 Å². The van der Waals surface area contributed by atoms with Gasteiger partial charge in [-0.3, -0.25) is 4.79 Å². The molecule has 2 aliphatic carbocycles. The van der Waals surface area contributed by atoms with Gasteiger partial charge in [-0.2, -0.15) is 0 Å². The van der Waals surface area contributed by atoms with E-state index in [0.29, 0.717) is 24.0 Å². The second kappa shape index (κ2) is 4.30. The van der Waals surface area contributed by atoms with Gasteiger partial charge < -0.3 is 9.47 Å².